The van der Waals surface area contributed by atoms with Gasteiger partial charge in [-0.1, -0.05) is 0 Å². The summed E-state index contributed by atoms with van der Waals surface area (Å²) in [7, 11) is 1.41. The topological polar surface area (TPSA) is 113 Å². The summed E-state index contributed by atoms with van der Waals surface area (Å²) in [6.45, 7) is 7.90. The summed E-state index contributed by atoms with van der Waals surface area (Å²) >= 11 is 0. The number of allylic oxidation sites excluding steroid dienone is 1. The van der Waals surface area contributed by atoms with Crippen LogP contribution < -0.4 is 16.0 Å². The van der Waals surface area contributed by atoms with Crippen LogP contribution in [0.25, 0.3) is 0 Å². The van der Waals surface area contributed by atoms with Crippen molar-refractivity contribution in [1.29, 1.82) is 0 Å². The van der Waals surface area contributed by atoms with Crippen LogP contribution in [0.3, 0.4) is 0 Å². The summed E-state index contributed by atoms with van der Waals surface area (Å²) < 4.78 is 17.9. The molecular weight excluding hydrogens is 355 g/mol. The Morgan fingerprint density at radius 1 is 1.30 bits per heavy atom. The molecule has 1 rings (SSSR count). The highest BCUT2D eigenvalue weighted by atomic mass is 19.1. The third-order valence-corrected chi connectivity index (χ3v) is 3.55. The number of aliphatic hydroxyl groups is 1. The smallest absolute Gasteiger partial charge is 0.413 e. The molecule has 0 saturated carbocycles. The van der Waals surface area contributed by atoms with E-state index < -0.39 is 30.0 Å². The van der Waals surface area contributed by atoms with Crippen LogP contribution in [0.4, 0.5) is 15.0 Å². The van der Waals surface area contributed by atoms with Crippen molar-refractivity contribution < 1.29 is 23.8 Å². The number of alkyl halides is 1. The van der Waals surface area contributed by atoms with Crippen LogP contribution in [0.2, 0.25) is 0 Å². The number of amides is 2. The van der Waals surface area contributed by atoms with Gasteiger partial charge in [0.05, 0.1) is 5.70 Å². The highest BCUT2D eigenvalue weighted by Gasteiger charge is 2.18. The molecule has 0 saturated heterocycles. The maximum Gasteiger partial charge on any atom is 0.413 e. The lowest BCUT2D eigenvalue weighted by Gasteiger charge is -2.20. The van der Waals surface area contributed by atoms with Crippen molar-refractivity contribution in [2.24, 2.45) is 0 Å². The minimum atomic E-state index is -0.986. The summed E-state index contributed by atoms with van der Waals surface area (Å²) in [5.41, 5.74) is 1.26. The second-order valence-corrected chi connectivity index (χ2v) is 6.91. The monoisotopic (exact) mass is 382 g/mol. The molecule has 0 atom stereocenters. The standard InChI is InChI=1S/C18H27FN4O4/c1-10-7-14(23-17(26)27-18(3,4)5)22-11(2)12(10)9-21-16(25)15(24)13(8-19)20-6/h7,20,24H,8-9H2,1-6H3,(H,21,25)(H,22,23,26)/b15-13-. The molecule has 0 fully saturated rings. The summed E-state index contributed by atoms with van der Waals surface area (Å²) in [6.07, 6.45) is -0.615. The van der Waals surface area contributed by atoms with Crippen LogP contribution in [0, 0.1) is 13.8 Å². The fourth-order valence-corrected chi connectivity index (χ4v) is 2.24. The molecule has 1 aromatic rings. The molecule has 0 aromatic carbocycles. The SMILES string of the molecule is CN/C(CF)=C(\O)C(=O)NCc1c(C)cc(NC(=O)OC(C)(C)C)nc1C. The largest absolute Gasteiger partial charge is 0.502 e. The minimum absolute atomic E-state index is 0.0869. The Morgan fingerprint density at radius 2 is 1.93 bits per heavy atom. The lowest BCUT2D eigenvalue weighted by atomic mass is 10.1. The summed E-state index contributed by atoms with van der Waals surface area (Å²) in [4.78, 5) is 28.1. The number of ether oxygens (including phenoxy) is 1. The van der Waals surface area contributed by atoms with E-state index in [0.29, 0.717) is 11.5 Å². The number of anilines is 1. The fraction of sp³-hybridized carbons (Fsp3) is 0.500. The molecule has 1 heterocycles. The molecule has 9 heteroatoms. The van der Waals surface area contributed by atoms with Crippen LogP contribution in [-0.4, -0.2) is 41.4 Å². The maximum absolute atomic E-state index is 12.7. The van der Waals surface area contributed by atoms with Crippen LogP contribution >= 0.6 is 0 Å². The van der Waals surface area contributed by atoms with E-state index in [4.69, 9.17) is 4.74 Å². The van der Waals surface area contributed by atoms with Gasteiger partial charge in [-0.05, 0) is 51.8 Å². The van der Waals surface area contributed by atoms with Crippen molar-refractivity contribution in [2.45, 2.75) is 46.8 Å². The van der Waals surface area contributed by atoms with Crippen LogP contribution in [-0.2, 0) is 16.1 Å². The fourth-order valence-electron chi connectivity index (χ4n) is 2.24. The van der Waals surface area contributed by atoms with Gasteiger partial charge in [0.1, 0.15) is 18.1 Å². The van der Waals surface area contributed by atoms with Gasteiger partial charge in [-0.2, -0.15) is 0 Å². The zero-order valence-corrected chi connectivity index (χ0v) is 16.5. The number of aromatic nitrogens is 1. The average molecular weight is 382 g/mol. The van der Waals surface area contributed by atoms with Crippen LogP contribution in [0.15, 0.2) is 17.5 Å². The van der Waals surface area contributed by atoms with E-state index in [0.717, 1.165) is 11.1 Å². The summed E-state index contributed by atoms with van der Waals surface area (Å²) in [6, 6.07) is 1.65. The molecule has 27 heavy (non-hydrogen) atoms. The number of nitrogens with one attached hydrogen (secondary N) is 3. The predicted octanol–water partition coefficient (Wildman–Crippen LogP) is 2.62. The highest BCUT2D eigenvalue weighted by molar-refractivity contribution is 5.91. The number of aryl methyl sites for hydroxylation is 2. The average Bonchev–Trinajstić information content (AvgIpc) is 2.52. The van der Waals surface area contributed by atoms with Gasteiger partial charge in [0.2, 0.25) is 5.76 Å². The molecule has 0 aliphatic heterocycles. The number of rotatable bonds is 6. The number of halogens is 1. The number of nitrogens with zero attached hydrogens (tertiary/aromatic N) is 1. The Labute approximate surface area is 158 Å². The third kappa shape index (κ3) is 6.76. The van der Waals surface area contributed by atoms with E-state index in [1.54, 1.807) is 40.7 Å². The zero-order chi connectivity index (χ0) is 20.8. The lowest BCUT2D eigenvalue weighted by molar-refractivity contribution is -0.120. The van der Waals surface area contributed by atoms with Crippen molar-refractivity contribution in [3.8, 4) is 0 Å². The number of aliphatic hydroxyl groups excluding tert-OH is 1. The van der Waals surface area contributed by atoms with Crippen LogP contribution in [0.5, 0.6) is 0 Å². The van der Waals surface area contributed by atoms with Gasteiger partial charge in [-0.3, -0.25) is 10.1 Å². The molecule has 0 aliphatic rings. The molecule has 0 spiro atoms. The van der Waals surface area contributed by atoms with E-state index in [1.165, 1.54) is 7.05 Å². The molecule has 0 unspecified atom stereocenters. The van der Waals surface area contributed by atoms with Gasteiger partial charge in [0.15, 0.2) is 0 Å². The number of hydrogen-bond acceptors (Lipinski definition) is 6. The number of pyridine rings is 1. The molecule has 150 valence electrons. The summed E-state index contributed by atoms with van der Waals surface area (Å²) in [5.74, 6) is -1.18. The normalized spacial score (nSPS) is 12.1. The van der Waals surface area contributed by atoms with Gasteiger partial charge in [0.25, 0.3) is 5.91 Å². The van der Waals surface area contributed by atoms with Gasteiger partial charge >= 0.3 is 6.09 Å². The van der Waals surface area contributed by atoms with Gasteiger partial charge in [0, 0.05) is 19.3 Å². The van der Waals surface area contributed by atoms with Crippen molar-refractivity contribution in [1.82, 2.24) is 15.6 Å². The Kier molecular flexibility index (Phi) is 7.56. The molecule has 0 bridgehead atoms. The molecule has 1 aromatic heterocycles. The molecule has 8 nitrogen and oxygen atoms in total. The van der Waals surface area contributed by atoms with E-state index in [-0.39, 0.29) is 12.2 Å². The Bertz CT molecular complexity index is 712. The Morgan fingerprint density at radius 3 is 2.41 bits per heavy atom. The molecule has 4 N–H and O–H groups in total. The molecule has 2 amide bonds. The maximum atomic E-state index is 12.7. The van der Waals surface area contributed by atoms with Crippen molar-refractivity contribution in [3.63, 3.8) is 0 Å². The quantitative estimate of drug-likeness (QED) is 0.444. The molecular formula is C18H27FN4O4. The van der Waals surface area contributed by atoms with E-state index in [2.05, 4.69) is 20.9 Å². The van der Waals surface area contributed by atoms with Crippen molar-refractivity contribution >= 4 is 17.8 Å². The first-order valence-electron chi connectivity index (χ1n) is 8.39. The second kappa shape index (κ2) is 9.20. The zero-order valence-electron chi connectivity index (χ0n) is 16.5. The first-order chi connectivity index (χ1) is 12.5. The van der Waals surface area contributed by atoms with E-state index in [1.807, 2.05) is 0 Å². The molecule has 0 radical (unpaired) electrons. The first-order valence-corrected chi connectivity index (χ1v) is 8.39. The number of carbonyl (C=O) groups is 2. The lowest BCUT2D eigenvalue weighted by Crippen LogP contribution is -2.29. The van der Waals surface area contributed by atoms with Gasteiger partial charge in [-0.25, -0.2) is 14.2 Å². The van der Waals surface area contributed by atoms with E-state index >= 15 is 0 Å². The van der Waals surface area contributed by atoms with Gasteiger partial charge in [-0.15, -0.1) is 0 Å². The van der Waals surface area contributed by atoms with E-state index in [9.17, 15) is 19.1 Å². The summed E-state index contributed by atoms with van der Waals surface area (Å²) in [5, 5.41) is 17.2. The van der Waals surface area contributed by atoms with Gasteiger partial charge < -0.3 is 20.5 Å². The van der Waals surface area contributed by atoms with Crippen molar-refractivity contribution in [2.75, 3.05) is 19.0 Å². The Balaban J connectivity index is 2.86. The number of carbonyl (C=O) groups excluding carboxylic acids is 2. The predicted molar refractivity (Wildman–Crippen MR) is 100 cm³/mol. The first kappa shape index (κ1) is 22.2. The third-order valence-electron chi connectivity index (χ3n) is 3.55. The van der Waals surface area contributed by atoms with Crippen molar-refractivity contribution in [3.05, 3.63) is 34.3 Å². The second-order valence-electron chi connectivity index (χ2n) is 6.91. The van der Waals surface area contributed by atoms with Crippen LogP contribution in [0.1, 0.15) is 37.6 Å². The minimum Gasteiger partial charge on any atom is -0.502 e. The highest BCUT2D eigenvalue weighted by Crippen LogP contribution is 2.18. The number of hydrogen-bond donors (Lipinski definition) is 4. The molecule has 0 aliphatic carbocycles. The Hall–Kier alpha value is -2.84.